The zero-order chi connectivity index (χ0) is 15.5. The first-order chi connectivity index (χ1) is 10.7. The molecule has 1 aliphatic heterocycles. The number of carbonyl (C=O) groups is 1. The summed E-state index contributed by atoms with van der Waals surface area (Å²) >= 11 is 1.10. The number of nitrogens with zero attached hydrogens (tertiary/aromatic N) is 6. The molecule has 22 heavy (non-hydrogen) atoms. The fraction of sp³-hybridized carbons (Fsp3) is 0.385. The summed E-state index contributed by atoms with van der Waals surface area (Å²) in [5.74, 6) is 0.123. The van der Waals surface area contributed by atoms with E-state index in [1.807, 2.05) is 6.07 Å². The number of hydrogen-bond donors (Lipinski definition) is 0. The number of aryl methyl sites for hydroxylation is 1. The summed E-state index contributed by atoms with van der Waals surface area (Å²) in [5, 5.41) is 12.8. The molecule has 8 nitrogen and oxygen atoms in total. The molecule has 1 atom stereocenters. The van der Waals surface area contributed by atoms with E-state index in [-0.39, 0.29) is 23.6 Å². The minimum Gasteiger partial charge on any atom is -0.470 e. The van der Waals surface area contributed by atoms with Gasteiger partial charge in [-0.15, -0.1) is 5.10 Å². The van der Waals surface area contributed by atoms with Crippen molar-refractivity contribution in [2.45, 2.75) is 19.4 Å². The molecule has 0 N–H and O–H groups in total. The number of nitriles is 1. The maximum Gasteiger partial charge on any atom is 0.267 e. The van der Waals surface area contributed by atoms with E-state index in [1.54, 1.807) is 11.8 Å². The summed E-state index contributed by atoms with van der Waals surface area (Å²) in [6, 6.07) is 1.94. The Labute approximate surface area is 130 Å². The van der Waals surface area contributed by atoms with Crippen molar-refractivity contribution < 1.29 is 9.53 Å². The Morgan fingerprint density at radius 3 is 3.05 bits per heavy atom. The van der Waals surface area contributed by atoms with Gasteiger partial charge in [0.25, 0.3) is 11.8 Å². The number of aromatic nitrogens is 4. The molecular formula is C13H12N6O2S. The number of ether oxygens (including phenoxy) is 1. The number of likely N-dealkylation sites (tertiary alicyclic amines) is 1. The van der Waals surface area contributed by atoms with Gasteiger partial charge < -0.3 is 9.64 Å². The number of hydrogen-bond acceptors (Lipinski definition) is 8. The van der Waals surface area contributed by atoms with E-state index in [0.717, 1.165) is 11.5 Å². The van der Waals surface area contributed by atoms with E-state index in [1.165, 1.54) is 12.4 Å². The summed E-state index contributed by atoms with van der Waals surface area (Å²) in [4.78, 5) is 22.5. The lowest BCUT2D eigenvalue weighted by molar-refractivity contribution is 0.0775. The predicted octanol–water partition coefficient (Wildman–Crippen LogP) is 0.802. The zero-order valence-corrected chi connectivity index (χ0v) is 12.6. The third-order valence-electron chi connectivity index (χ3n) is 3.33. The lowest BCUT2D eigenvalue weighted by atomic mass is 10.3. The number of amides is 1. The summed E-state index contributed by atoms with van der Waals surface area (Å²) in [5.41, 5.74) is 0.787. The van der Waals surface area contributed by atoms with Crippen LogP contribution in [0.3, 0.4) is 0 Å². The monoisotopic (exact) mass is 316 g/mol. The van der Waals surface area contributed by atoms with Crippen molar-refractivity contribution in [1.29, 1.82) is 5.26 Å². The maximum absolute atomic E-state index is 12.4. The molecule has 3 heterocycles. The number of rotatable bonds is 3. The van der Waals surface area contributed by atoms with Gasteiger partial charge in [-0.1, -0.05) is 4.49 Å². The normalized spacial score (nSPS) is 17.3. The van der Waals surface area contributed by atoms with E-state index >= 15 is 0 Å². The van der Waals surface area contributed by atoms with Gasteiger partial charge in [-0.3, -0.25) is 4.79 Å². The lowest BCUT2D eigenvalue weighted by Gasteiger charge is -2.16. The van der Waals surface area contributed by atoms with Crippen LogP contribution in [0.25, 0.3) is 0 Å². The van der Waals surface area contributed by atoms with Crippen LogP contribution in [0, 0.1) is 18.3 Å². The second kappa shape index (κ2) is 6.03. The van der Waals surface area contributed by atoms with Crippen LogP contribution in [0.4, 0.5) is 0 Å². The SMILES string of the molecule is Cc1nnsc1C(=O)N1CC[C@@H](Oc2nccnc2C#N)C1. The first kappa shape index (κ1) is 14.3. The highest BCUT2D eigenvalue weighted by atomic mass is 32.1. The third-order valence-corrected chi connectivity index (χ3v) is 4.14. The van der Waals surface area contributed by atoms with Crippen molar-refractivity contribution in [3.05, 3.63) is 28.7 Å². The maximum atomic E-state index is 12.4. The highest BCUT2D eigenvalue weighted by Crippen LogP contribution is 2.21. The van der Waals surface area contributed by atoms with Crippen molar-refractivity contribution in [2.75, 3.05) is 13.1 Å². The van der Waals surface area contributed by atoms with Crippen LogP contribution in [0.2, 0.25) is 0 Å². The van der Waals surface area contributed by atoms with Gasteiger partial charge in [0.05, 0.1) is 12.2 Å². The van der Waals surface area contributed by atoms with Crippen molar-refractivity contribution in [1.82, 2.24) is 24.5 Å². The van der Waals surface area contributed by atoms with Crippen LogP contribution in [-0.2, 0) is 0 Å². The molecule has 9 heteroatoms. The molecule has 1 fully saturated rings. The van der Waals surface area contributed by atoms with Crippen molar-refractivity contribution >= 4 is 17.4 Å². The van der Waals surface area contributed by atoms with Crippen LogP contribution in [0.15, 0.2) is 12.4 Å². The predicted molar refractivity (Wildman–Crippen MR) is 76.3 cm³/mol. The zero-order valence-electron chi connectivity index (χ0n) is 11.8. The van der Waals surface area contributed by atoms with E-state index in [2.05, 4.69) is 19.6 Å². The molecular weight excluding hydrogens is 304 g/mol. The quantitative estimate of drug-likeness (QED) is 0.824. The van der Waals surface area contributed by atoms with Gasteiger partial charge in [0.2, 0.25) is 5.69 Å². The third kappa shape index (κ3) is 2.73. The summed E-state index contributed by atoms with van der Waals surface area (Å²) in [6.07, 6.45) is 3.39. The second-order valence-electron chi connectivity index (χ2n) is 4.79. The van der Waals surface area contributed by atoms with E-state index in [9.17, 15) is 4.79 Å². The van der Waals surface area contributed by atoms with Crippen LogP contribution in [0.1, 0.15) is 27.5 Å². The molecule has 1 saturated heterocycles. The highest BCUT2D eigenvalue weighted by molar-refractivity contribution is 7.07. The second-order valence-corrected chi connectivity index (χ2v) is 5.54. The Bertz CT molecular complexity index is 740. The van der Waals surface area contributed by atoms with Crippen LogP contribution in [-0.4, -0.2) is 49.6 Å². The van der Waals surface area contributed by atoms with Crippen LogP contribution < -0.4 is 4.74 Å². The topological polar surface area (TPSA) is 105 Å². The van der Waals surface area contributed by atoms with E-state index < -0.39 is 0 Å². The molecule has 3 rings (SSSR count). The molecule has 0 unspecified atom stereocenters. The summed E-state index contributed by atoms with van der Waals surface area (Å²) in [6.45, 7) is 2.79. The molecule has 1 amide bonds. The molecule has 112 valence electrons. The molecule has 2 aromatic rings. The molecule has 2 aromatic heterocycles. The average Bonchev–Trinajstić information content (AvgIpc) is 3.16. The van der Waals surface area contributed by atoms with Gasteiger partial charge >= 0.3 is 0 Å². The van der Waals surface area contributed by atoms with Gasteiger partial charge in [0.1, 0.15) is 17.1 Å². The largest absolute Gasteiger partial charge is 0.470 e. The van der Waals surface area contributed by atoms with E-state index in [0.29, 0.717) is 30.1 Å². The number of carbonyl (C=O) groups excluding carboxylic acids is 1. The molecule has 0 saturated carbocycles. The summed E-state index contributed by atoms with van der Waals surface area (Å²) < 4.78 is 9.49. The lowest BCUT2D eigenvalue weighted by Crippen LogP contribution is -2.31. The first-order valence-corrected chi connectivity index (χ1v) is 7.42. The van der Waals surface area contributed by atoms with Gasteiger partial charge in [-0.05, 0) is 18.5 Å². The minimum absolute atomic E-state index is 0.0850. The molecule has 0 bridgehead atoms. The van der Waals surface area contributed by atoms with Crippen LogP contribution >= 0.6 is 11.5 Å². The fourth-order valence-electron chi connectivity index (χ4n) is 2.23. The average molecular weight is 316 g/mol. The molecule has 1 aliphatic rings. The standard InChI is InChI=1S/C13H12N6O2S/c1-8-11(22-18-17-8)13(20)19-5-2-9(7-19)21-12-10(6-14)15-3-4-16-12/h3-4,9H,2,5,7H2,1H3/t9-/m1/s1. The highest BCUT2D eigenvalue weighted by Gasteiger charge is 2.30. The van der Waals surface area contributed by atoms with Crippen molar-refractivity contribution in [3.8, 4) is 11.9 Å². The molecule has 0 aromatic carbocycles. The Hall–Kier alpha value is -2.60. The minimum atomic E-state index is -0.200. The Morgan fingerprint density at radius 1 is 1.50 bits per heavy atom. The van der Waals surface area contributed by atoms with Gasteiger partial charge in [0.15, 0.2) is 0 Å². The first-order valence-electron chi connectivity index (χ1n) is 6.65. The van der Waals surface area contributed by atoms with Crippen molar-refractivity contribution in [2.24, 2.45) is 0 Å². The Balaban J connectivity index is 1.67. The Kier molecular flexibility index (Phi) is 3.93. The van der Waals surface area contributed by atoms with Gasteiger partial charge in [-0.2, -0.15) is 5.26 Å². The van der Waals surface area contributed by atoms with Gasteiger partial charge in [0, 0.05) is 25.4 Å². The van der Waals surface area contributed by atoms with Crippen molar-refractivity contribution in [3.63, 3.8) is 0 Å². The molecule has 0 radical (unpaired) electrons. The molecule has 0 spiro atoms. The summed E-state index contributed by atoms with van der Waals surface area (Å²) in [7, 11) is 0. The van der Waals surface area contributed by atoms with Gasteiger partial charge in [-0.25, -0.2) is 9.97 Å². The smallest absolute Gasteiger partial charge is 0.267 e. The van der Waals surface area contributed by atoms with Crippen LogP contribution in [0.5, 0.6) is 5.88 Å². The fourth-order valence-corrected chi connectivity index (χ4v) is 2.85. The Morgan fingerprint density at radius 2 is 2.32 bits per heavy atom. The van der Waals surface area contributed by atoms with E-state index in [4.69, 9.17) is 10.00 Å². The molecule has 0 aliphatic carbocycles.